The summed E-state index contributed by atoms with van der Waals surface area (Å²) in [6, 6.07) is 13.6. The highest BCUT2D eigenvalue weighted by Gasteiger charge is 2.33. The van der Waals surface area contributed by atoms with Gasteiger partial charge >= 0.3 is 0 Å². The van der Waals surface area contributed by atoms with Crippen molar-refractivity contribution in [2.75, 3.05) is 0 Å². The van der Waals surface area contributed by atoms with E-state index in [0.29, 0.717) is 5.92 Å². The van der Waals surface area contributed by atoms with Crippen LogP contribution in [-0.4, -0.2) is 0 Å². The van der Waals surface area contributed by atoms with Gasteiger partial charge in [-0.2, -0.15) is 0 Å². The zero-order valence-electron chi connectivity index (χ0n) is 17.2. The van der Waals surface area contributed by atoms with E-state index in [1.54, 1.807) is 11.1 Å². The molecule has 1 aliphatic rings. The topological polar surface area (TPSA) is 0 Å². The van der Waals surface area contributed by atoms with E-state index in [-0.39, 0.29) is 0 Å². The first kappa shape index (κ1) is 20.7. The van der Waals surface area contributed by atoms with Crippen LogP contribution >= 0.6 is 0 Å². The third-order valence-electron chi connectivity index (χ3n) is 5.67. The highest BCUT2D eigenvalue weighted by molar-refractivity contribution is 5.87. The van der Waals surface area contributed by atoms with Gasteiger partial charge in [0.25, 0.3) is 0 Å². The van der Waals surface area contributed by atoms with Crippen LogP contribution in [0.5, 0.6) is 0 Å². The molecular formula is C24H38. The summed E-state index contributed by atoms with van der Waals surface area (Å²) in [6.45, 7) is 17.6. The van der Waals surface area contributed by atoms with Gasteiger partial charge in [-0.15, -0.1) is 0 Å². The van der Waals surface area contributed by atoms with E-state index in [1.165, 1.54) is 23.6 Å². The molecule has 3 rings (SSSR count). The molecule has 0 radical (unpaired) electrons. The Morgan fingerprint density at radius 1 is 0.958 bits per heavy atom. The predicted molar refractivity (Wildman–Crippen MR) is 111 cm³/mol. The Kier molecular flexibility index (Phi) is 8.53. The van der Waals surface area contributed by atoms with Gasteiger partial charge in [-0.25, -0.2) is 0 Å². The second kappa shape index (κ2) is 9.87. The summed E-state index contributed by atoms with van der Waals surface area (Å²) in [5.74, 6) is 2.99. The summed E-state index contributed by atoms with van der Waals surface area (Å²) < 4.78 is 0. The van der Waals surface area contributed by atoms with Crippen LogP contribution in [0, 0.1) is 11.8 Å². The SMILES string of the molecule is CC.CC.CCC(C)C1CC(C)C(C)c2c1ccc1ccccc21. The van der Waals surface area contributed by atoms with Crippen molar-refractivity contribution >= 4 is 10.8 Å². The number of fused-ring (bicyclic) bond motifs is 3. The lowest BCUT2D eigenvalue weighted by atomic mass is 9.66. The third kappa shape index (κ3) is 4.02. The average Bonchev–Trinajstić information content (AvgIpc) is 2.66. The minimum atomic E-state index is 0.677. The summed E-state index contributed by atoms with van der Waals surface area (Å²) in [4.78, 5) is 0. The van der Waals surface area contributed by atoms with E-state index >= 15 is 0 Å². The molecule has 0 saturated heterocycles. The first-order valence-electron chi connectivity index (χ1n) is 10.1. The molecule has 0 N–H and O–H groups in total. The Hall–Kier alpha value is -1.30. The zero-order chi connectivity index (χ0) is 18.3. The fourth-order valence-electron chi connectivity index (χ4n) is 3.98. The molecule has 4 unspecified atom stereocenters. The monoisotopic (exact) mass is 326 g/mol. The molecule has 0 aromatic heterocycles. The molecule has 24 heavy (non-hydrogen) atoms. The number of hydrogen-bond acceptors (Lipinski definition) is 0. The molecule has 2 aromatic rings. The highest BCUT2D eigenvalue weighted by Crippen LogP contribution is 2.48. The zero-order valence-corrected chi connectivity index (χ0v) is 17.2. The fraction of sp³-hybridized carbons (Fsp3) is 0.583. The minimum Gasteiger partial charge on any atom is -0.0683 e. The molecule has 0 bridgehead atoms. The Bertz CT molecular complexity index is 610. The van der Waals surface area contributed by atoms with Crippen LogP contribution in [0.4, 0.5) is 0 Å². The quantitative estimate of drug-likeness (QED) is 0.522. The van der Waals surface area contributed by atoms with Crippen LogP contribution in [0.3, 0.4) is 0 Å². The molecule has 0 aliphatic heterocycles. The molecule has 134 valence electrons. The molecule has 0 heteroatoms. The highest BCUT2D eigenvalue weighted by atomic mass is 14.4. The summed E-state index contributed by atoms with van der Waals surface area (Å²) in [5, 5.41) is 2.88. The Labute approximate surface area is 150 Å². The molecular weight excluding hydrogens is 288 g/mol. The van der Waals surface area contributed by atoms with E-state index in [9.17, 15) is 0 Å². The number of benzene rings is 2. The molecule has 0 spiro atoms. The molecule has 0 nitrogen and oxygen atoms in total. The van der Waals surface area contributed by atoms with Gasteiger partial charge in [0.05, 0.1) is 0 Å². The van der Waals surface area contributed by atoms with Crippen LogP contribution in [0.2, 0.25) is 0 Å². The molecule has 0 amide bonds. The average molecular weight is 327 g/mol. The Morgan fingerprint density at radius 2 is 1.58 bits per heavy atom. The summed E-state index contributed by atoms with van der Waals surface area (Å²) in [7, 11) is 0. The normalized spacial score (nSPS) is 23.2. The first-order chi connectivity index (χ1) is 11.6. The Morgan fingerprint density at radius 3 is 2.21 bits per heavy atom. The van der Waals surface area contributed by atoms with Gasteiger partial charge < -0.3 is 0 Å². The maximum Gasteiger partial charge on any atom is -0.0131 e. The summed E-state index contributed by atoms with van der Waals surface area (Å²) >= 11 is 0. The van der Waals surface area contributed by atoms with Gasteiger partial charge in [-0.05, 0) is 52.0 Å². The van der Waals surface area contributed by atoms with Crippen molar-refractivity contribution in [3.05, 3.63) is 47.5 Å². The van der Waals surface area contributed by atoms with E-state index < -0.39 is 0 Å². The second-order valence-corrected chi connectivity index (χ2v) is 6.78. The number of rotatable bonds is 2. The van der Waals surface area contributed by atoms with Gasteiger partial charge in [0, 0.05) is 0 Å². The maximum absolute atomic E-state index is 2.44. The van der Waals surface area contributed by atoms with E-state index in [4.69, 9.17) is 0 Å². The van der Waals surface area contributed by atoms with Gasteiger partial charge in [-0.1, -0.05) is 98.2 Å². The Balaban J connectivity index is 0.000000671. The minimum absolute atomic E-state index is 0.677. The molecule has 1 aliphatic carbocycles. The van der Waals surface area contributed by atoms with Gasteiger partial charge in [0.1, 0.15) is 0 Å². The second-order valence-electron chi connectivity index (χ2n) is 6.78. The smallest absolute Gasteiger partial charge is 0.0131 e. The van der Waals surface area contributed by atoms with Gasteiger partial charge in [0.15, 0.2) is 0 Å². The van der Waals surface area contributed by atoms with Crippen molar-refractivity contribution in [1.82, 2.24) is 0 Å². The lowest BCUT2D eigenvalue weighted by molar-refractivity contribution is 0.312. The van der Waals surface area contributed by atoms with Crippen LogP contribution in [-0.2, 0) is 0 Å². The molecule has 0 saturated carbocycles. The van der Waals surface area contributed by atoms with Crippen LogP contribution < -0.4 is 0 Å². The lowest BCUT2D eigenvalue weighted by Gasteiger charge is -2.38. The third-order valence-corrected chi connectivity index (χ3v) is 5.67. The van der Waals surface area contributed by atoms with Crippen molar-refractivity contribution in [2.24, 2.45) is 11.8 Å². The predicted octanol–water partition coefficient (Wildman–Crippen LogP) is 8.17. The van der Waals surface area contributed by atoms with E-state index in [0.717, 1.165) is 17.8 Å². The molecule has 4 atom stereocenters. The number of hydrogen-bond donors (Lipinski definition) is 0. The van der Waals surface area contributed by atoms with E-state index in [1.807, 2.05) is 27.7 Å². The van der Waals surface area contributed by atoms with Crippen molar-refractivity contribution in [2.45, 2.75) is 80.1 Å². The lowest BCUT2D eigenvalue weighted by Crippen LogP contribution is -2.24. The summed E-state index contributed by atoms with van der Waals surface area (Å²) in [6.07, 6.45) is 2.62. The largest absolute Gasteiger partial charge is 0.0683 e. The molecule has 0 fully saturated rings. The standard InChI is InChI=1S/C20H26.2C2H6/c1-5-13(2)19-12-14(3)15(4)20-17-9-7-6-8-16(17)10-11-18(19)20;2*1-2/h6-11,13-15,19H,5,12H2,1-4H3;2*1-2H3. The van der Waals surface area contributed by atoms with Crippen LogP contribution in [0.1, 0.15) is 91.2 Å². The molecule has 0 heterocycles. The first-order valence-corrected chi connectivity index (χ1v) is 10.1. The fourth-order valence-corrected chi connectivity index (χ4v) is 3.98. The summed E-state index contributed by atoms with van der Waals surface area (Å²) in [5.41, 5.74) is 3.26. The van der Waals surface area contributed by atoms with E-state index in [2.05, 4.69) is 64.1 Å². The molecule has 2 aromatic carbocycles. The van der Waals surface area contributed by atoms with Crippen molar-refractivity contribution in [3.8, 4) is 0 Å². The maximum atomic E-state index is 2.44. The van der Waals surface area contributed by atoms with Crippen LogP contribution in [0.25, 0.3) is 10.8 Å². The van der Waals surface area contributed by atoms with Crippen LogP contribution in [0.15, 0.2) is 36.4 Å². The van der Waals surface area contributed by atoms with Gasteiger partial charge in [0.2, 0.25) is 0 Å². The van der Waals surface area contributed by atoms with Gasteiger partial charge in [-0.3, -0.25) is 0 Å². The van der Waals surface area contributed by atoms with Crippen molar-refractivity contribution in [3.63, 3.8) is 0 Å². The van der Waals surface area contributed by atoms with Crippen molar-refractivity contribution in [1.29, 1.82) is 0 Å². The van der Waals surface area contributed by atoms with Crippen molar-refractivity contribution < 1.29 is 0 Å².